The number of fused-ring (bicyclic) bond motifs is 1. The summed E-state index contributed by atoms with van der Waals surface area (Å²) in [5.74, 6) is -6.65. The first kappa shape index (κ1) is 29.5. The number of carbonyl (C=O) groups excluding carboxylic acids is 3. The molecule has 2 amide bonds. The van der Waals surface area contributed by atoms with Crippen molar-refractivity contribution in [1.29, 1.82) is 0 Å². The smallest absolute Gasteiger partial charge is 0.280 e. The Morgan fingerprint density at radius 1 is 1.15 bits per heavy atom. The number of benzene rings is 2. The number of halogens is 1. The van der Waals surface area contributed by atoms with E-state index in [-0.39, 0.29) is 24.0 Å². The fraction of sp³-hybridized carbons (Fsp3) is 0.444. The first-order valence-corrected chi connectivity index (χ1v) is 12.7. The van der Waals surface area contributed by atoms with Crippen LogP contribution in [0.15, 0.2) is 36.4 Å². The van der Waals surface area contributed by atoms with E-state index in [0.717, 1.165) is 25.7 Å². The maximum absolute atomic E-state index is 14.7. The first-order valence-electron chi connectivity index (χ1n) is 12.7. The molecule has 4 rings (SSSR count). The molecule has 12 nitrogen and oxygen atoms in total. The molecule has 0 spiro atoms. The largest absolute Gasteiger partial charge is 0.381 e. The quantitative estimate of drug-likeness (QED) is 0.161. The van der Waals surface area contributed by atoms with Gasteiger partial charge in [-0.05, 0) is 36.8 Å². The van der Waals surface area contributed by atoms with Crippen molar-refractivity contribution >= 4 is 23.8 Å². The zero-order chi connectivity index (χ0) is 29.3. The van der Waals surface area contributed by atoms with Gasteiger partial charge in [0.05, 0.1) is 19.8 Å². The Bertz CT molecular complexity index is 1300. The lowest BCUT2D eigenvalue weighted by molar-refractivity contribution is -0.350. The summed E-state index contributed by atoms with van der Waals surface area (Å²) in [5, 5.41) is 48.2. The van der Waals surface area contributed by atoms with Crippen LogP contribution in [0.3, 0.4) is 0 Å². The maximum Gasteiger partial charge on any atom is 0.280 e. The van der Waals surface area contributed by atoms with Gasteiger partial charge in [-0.1, -0.05) is 12.1 Å². The number of carbonyl (C=O) groups is 3. The second-order valence-electron chi connectivity index (χ2n) is 10.1. The minimum atomic E-state index is -3.81. The number of nitrogens with zero attached hydrogens (tertiary/aromatic N) is 2. The number of ether oxygens (including phenoxy) is 1. The van der Waals surface area contributed by atoms with Gasteiger partial charge >= 0.3 is 0 Å². The third-order valence-electron chi connectivity index (χ3n) is 7.41. The fourth-order valence-corrected chi connectivity index (χ4v) is 4.91. The fourth-order valence-electron chi connectivity index (χ4n) is 4.91. The zero-order valence-corrected chi connectivity index (χ0v) is 22.2. The van der Waals surface area contributed by atoms with Gasteiger partial charge in [-0.3, -0.25) is 24.2 Å². The summed E-state index contributed by atoms with van der Waals surface area (Å²) >= 11 is 0. The average Bonchev–Trinajstić information content (AvgIpc) is 3.29. The van der Waals surface area contributed by atoms with Crippen molar-refractivity contribution in [3.8, 4) is 0 Å². The van der Waals surface area contributed by atoms with Crippen molar-refractivity contribution in [3.63, 3.8) is 0 Å². The molecule has 2 aliphatic rings. The average molecular weight is 561 g/mol. The van der Waals surface area contributed by atoms with E-state index >= 15 is 0 Å². The molecule has 1 saturated heterocycles. The molecule has 40 heavy (non-hydrogen) atoms. The normalized spacial score (nSPS) is 19.0. The van der Waals surface area contributed by atoms with E-state index in [1.165, 1.54) is 18.2 Å². The Labute approximate surface area is 230 Å². The Morgan fingerprint density at radius 3 is 2.50 bits per heavy atom. The zero-order valence-electron chi connectivity index (χ0n) is 22.2. The van der Waals surface area contributed by atoms with Gasteiger partial charge in [0.15, 0.2) is 11.9 Å². The third kappa shape index (κ3) is 5.07. The summed E-state index contributed by atoms with van der Waals surface area (Å²) in [6.45, 7) is 3.68. The Hall–Kier alpha value is -3.46. The summed E-state index contributed by atoms with van der Waals surface area (Å²) in [7, 11) is 1.07. The number of anilines is 1. The summed E-state index contributed by atoms with van der Waals surface area (Å²) in [6, 6.07) is 9.39. The molecule has 2 heterocycles. The first-order chi connectivity index (χ1) is 18.9. The monoisotopic (exact) mass is 560 g/mol. The van der Waals surface area contributed by atoms with Crippen LogP contribution in [0, 0.1) is 5.82 Å². The summed E-state index contributed by atoms with van der Waals surface area (Å²) < 4.78 is 20.1. The number of morpholine rings is 1. The molecule has 216 valence electrons. The van der Waals surface area contributed by atoms with Crippen LogP contribution in [0.5, 0.6) is 0 Å². The third-order valence-corrected chi connectivity index (χ3v) is 7.41. The van der Waals surface area contributed by atoms with Gasteiger partial charge in [0.1, 0.15) is 5.82 Å². The number of aldehydes is 1. The number of likely N-dealkylation sites (N-methyl/N-ethyl adjacent to an activating group) is 1. The molecule has 0 saturated carbocycles. The minimum absolute atomic E-state index is 0.0235. The summed E-state index contributed by atoms with van der Waals surface area (Å²) in [6.07, 6.45) is -0.261. The van der Waals surface area contributed by atoms with Crippen molar-refractivity contribution in [2.45, 2.75) is 43.7 Å². The topological polar surface area (TPSA) is 172 Å². The molecule has 2 aromatic carbocycles. The number of aliphatic hydroxyl groups is 4. The van der Waals surface area contributed by atoms with Crippen LogP contribution in [-0.2, 0) is 34.0 Å². The van der Waals surface area contributed by atoms with Crippen LogP contribution < -0.4 is 10.6 Å². The van der Waals surface area contributed by atoms with E-state index in [0.29, 0.717) is 42.8 Å². The van der Waals surface area contributed by atoms with Gasteiger partial charge in [-0.15, -0.1) is 0 Å². The van der Waals surface area contributed by atoms with E-state index in [1.807, 2.05) is 5.32 Å². The molecule has 1 fully saturated rings. The van der Waals surface area contributed by atoms with E-state index in [2.05, 4.69) is 10.2 Å². The molecule has 0 bridgehead atoms. The van der Waals surface area contributed by atoms with Crippen molar-refractivity contribution in [2.75, 3.05) is 38.7 Å². The van der Waals surface area contributed by atoms with Gasteiger partial charge in [0, 0.05) is 55.6 Å². The van der Waals surface area contributed by atoms with Crippen molar-refractivity contribution in [1.82, 2.24) is 15.1 Å². The van der Waals surface area contributed by atoms with Crippen molar-refractivity contribution in [2.24, 2.45) is 0 Å². The highest BCUT2D eigenvalue weighted by molar-refractivity contribution is 6.03. The molecule has 2 atom stereocenters. The van der Waals surface area contributed by atoms with Crippen molar-refractivity contribution in [3.05, 3.63) is 64.5 Å². The lowest BCUT2D eigenvalue weighted by atomic mass is 9.85. The standard InChI is InChI=1S/C27H33FN4O8/c1-25(36,16-33)27(38,39)26(37,24(35)29-2)32-15-20-19(23(32)34)4-3-5-22(20)30-13-18-12-17(6-7-21(18)28)14-31-8-10-40-11-9-31/h3-7,12,16,30,36-39H,8-11,13-15H2,1-2H3,(H,29,35). The Morgan fingerprint density at radius 2 is 1.85 bits per heavy atom. The molecule has 13 heteroatoms. The van der Waals surface area contributed by atoms with E-state index in [9.17, 15) is 39.2 Å². The number of amides is 2. The predicted octanol–water partition coefficient (Wildman–Crippen LogP) is -0.709. The molecule has 0 aromatic heterocycles. The second-order valence-corrected chi connectivity index (χ2v) is 10.1. The highest BCUT2D eigenvalue weighted by Crippen LogP contribution is 2.40. The summed E-state index contributed by atoms with van der Waals surface area (Å²) in [4.78, 5) is 40.2. The van der Waals surface area contributed by atoms with Gasteiger partial charge in [0.25, 0.3) is 23.3 Å². The number of rotatable bonds is 10. The number of nitrogens with one attached hydrogen (secondary N) is 2. The predicted molar refractivity (Wildman–Crippen MR) is 139 cm³/mol. The van der Waals surface area contributed by atoms with Crippen LogP contribution in [-0.4, -0.2) is 98.8 Å². The molecule has 0 aliphatic carbocycles. The van der Waals surface area contributed by atoms with E-state index in [4.69, 9.17) is 4.74 Å². The Kier molecular flexibility index (Phi) is 8.26. The lowest BCUT2D eigenvalue weighted by Gasteiger charge is -2.47. The van der Waals surface area contributed by atoms with Crippen LogP contribution in [0.2, 0.25) is 0 Å². The van der Waals surface area contributed by atoms with E-state index < -0.39 is 41.3 Å². The SMILES string of the molecule is CNC(=O)C(O)(N1Cc2c(NCc3cc(CN4CCOCC4)ccc3F)cccc2C1=O)C(O)(O)C(C)(O)C=O. The van der Waals surface area contributed by atoms with Gasteiger partial charge in [0.2, 0.25) is 0 Å². The number of hydrogen-bond acceptors (Lipinski definition) is 10. The van der Waals surface area contributed by atoms with Crippen molar-refractivity contribution < 1.29 is 43.9 Å². The van der Waals surface area contributed by atoms with Gasteiger partial charge in [-0.25, -0.2) is 4.39 Å². The Balaban J connectivity index is 1.60. The molecule has 2 aliphatic heterocycles. The molecular formula is C27H33FN4O8. The molecule has 2 aromatic rings. The molecule has 0 radical (unpaired) electrons. The van der Waals surface area contributed by atoms with Gasteiger partial charge in [-0.2, -0.15) is 0 Å². The van der Waals surface area contributed by atoms with Crippen LogP contribution in [0.1, 0.15) is 34.0 Å². The van der Waals surface area contributed by atoms with Crippen LogP contribution in [0.4, 0.5) is 10.1 Å². The lowest BCUT2D eigenvalue weighted by Crippen LogP contribution is -2.78. The van der Waals surface area contributed by atoms with Gasteiger partial charge < -0.3 is 35.8 Å². The maximum atomic E-state index is 14.7. The number of hydrogen-bond donors (Lipinski definition) is 6. The second kappa shape index (κ2) is 11.2. The highest BCUT2D eigenvalue weighted by atomic mass is 19.1. The summed E-state index contributed by atoms with van der Waals surface area (Å²) in [5.41, 5.74) is -4.56. The molecular weight excluding hydrogens is 527 g/mol. The van der Waals surface area contributed by atoms with Crippen LogP contribution in [0.25, 0.3) is 0 Å². The molecule has 6 N–H and O–H groups in total. The highest BCUT2D eigenvalue weighted by Gasteiger charge is 2.68. The molecule has 2 unspecified atom stereocenters. The van der Waals surface area contributed by atoms with Crippen LogP contribution >= 0.6 is 0 Å². The van der Waals surface area contributed by atoms with E-state index in [1.54, 1.807) is 18.2 Å². The minimum Gasteiger partial charge on any atom is -0.381 e.